The Kier molecular flexibility index (Phi) is 6.91. The molecule has 1 aliphatic heterocycles. The summed E-state index contributed by atoms with van der Waals surface area (Å²) in [5.41, 5.74) is 2.48. The number of tetrazole rings is 1. The maximum Gasteiger partial charge on any atom is 0.327 e. The number of hydrogen-bond acceptors (Lipinski definition) is 8. The molecule has 1 atom stereocenters. The van der Waals surface area contributed by atoms with Crippen molar-refractivity contribution in [2.75, 3.05) is 19.8 Å². The molecule has 32 heavy (non-hydrogen) atoms. The molecule has 1 aromatic carbocycles. The number of aromatic nitrogens is 5. The van der Waals surface area contributed by atoms with Crippen LogP contribution in [0.1, 0.15) is 36.7 Å². The molecule has 170 valence electrons. The summed E-state index contributed by atoms with van der Waals surface area (Å²) in [5, 5.41) is 12.7. The van der Waals surface area contributed by atoms with E-state index in [0.717, 1.165) is 35.9 Å². The molecule has 1 fully saturated rings. The third-order valence-corrected chi connectivity index (χ3v) is 5.51. The van der Waals surface area contributed by atoms with Crippen LogP contribution in [0.4, 0.5) is 0 Å². The molecular formula is C22H28N6O4. The number of nitrogens with one attached hydrogen (secondary N) is 1. The molecule has 1 N–H and O–H groups in total. The largest absolute Gasteiger partial charge is 0.465 e. The third-order valence-electron chi connectivity index (χ3n) is 5.51. The van der Waals surface area contributed by atoms with Crippen molar-refractivity contribution < 1.29 is 14.3 Å². The number of pyridine rings is 1. The van der Waals surface area contributed by atoms with Crippen LogP contribution in [0.3, 0.4) is 0 Å². The lowest BCUT2D eigenvalue weighted by molar-refractivity contribution is -0.144. The van der Waals surface area contributed by atoms with E-state index >= 15 is 0 Å². The molecule has 0 amide bonds. The van der Waals surface area contributed by atoms with Gasteiger partial charge in [0.15, 0.2) is 5.82 Å². The second-order valence-electron chi connectivity index (χ2n) is 8.08. The first-order valence-corrected chi connectivity index (χ1v) is 10.9. The van der Waals surface area contributed by atoms with Gasteiger partial charge in [-0.25, -0.2) is 4.68 Å². The van der Waals surface area contributed by atoms with Gasteiger partial charge in [-0.2, -0.15) is 0 Å². The van der Waals surface area contributed by atoms with Gasteiger partial charge in [-0.1, -0.05) is 11.6 Å². The van der Waals surface area contributed by atoms with Crippen LogP contribution in [0.2, 0.25) is 0 Å². The number of aromatic amines is 1. The number of esters is 1. The number of benzene rings is 1. The van der Waals surface area contributed by atoms with Gasteiger partial charge in [-0.05, 0) is 60.7 Å². The minimum atomic E-state index is -0.395. The quantitative estimate of drug-likeness (QED) is 0.499. The van der Waals surface area contributed by atoms with Crippen LogP contribution >= 0.6 is 0 Å². The van der Waals surface area contributed by atoms with Crippen molar-refractivity contribution in [2.24, 2.45) is 0 Å². The number of carbonyl (C=O) groups excluding carboxylic acids is 1. The van der Waals surface area contributed by atoms with E-state index in [2.05, 4.69) is 31.5 Å². The molecule has 4 rings (SSSR count). The molecule has 1 unspecified atom stereocenters. The molecule has 1 saturated heterocycles. The Labute approximate surface area is 185 Å². The summed E-state index contributed by atoms with van der Waals surface area (Å²) in [4.78, 5) is 29.7. The van der Waals surface area contributed by atoms with Crippen LogP contribution in [0.15, 0.2) is 29.1 Å². The lowest BCUT2D eigenvalue weighted by Gasteiger charge is -2.24. The third kappa shape index (κ3) is 5.38. The Morgan fingerprint density at radius 1 is 1.34 bits per heavy atom. The molecule has 0 aliphatic carbocycles. The SMILES string of the molecule is CCOC(=O)Cn1nnnc1CN(Cc1cc2cc(C)ccc2[nH]c1=O)CC1CCCO1. The molecule has 3 heterocycles. The van der Waals surface area contributed by atoms with E-state index < -0.39 is 5.97 Å². The fourth-order valence-corrected chi connectivity index (χ4v) is 3.98. The van der Waals surface area contributed by atoms with E-state index in [1.165, 1.54) is 4.68 Å². The second-order valence-corrected chi connectivity index (χ2v) is 8.08. The van der Waals surface area contributed by atoms with E-state index in [1.54, 1.807) is 6.92 Å². The molecule has 10 heteroatoms. The van der Waals surface area contributed by atoms with E-state index in [4.69, 9.17) is 9.47 Å². The molecule has 0 saturated carbocycles. The Hall–Kier alpha value is -3.11. The van der Waals surface area contributed by atoms with Gasteiger partial charge in [0, 0.05) is 30.8 Å². The predicted octanol–water partition coefficient (Wildman–Crippen LogP) is 1.57. The van der Waals surface area contributed by atoms with Crippen molar-refractivity contribution >= 4 is 16.9 Å². The maximum absolute atomic E-state index is 12.8. The average molecular weight is 441 g/mol. The van der Waals surface area contributed by atoms with Crippen molar-refractivity contribution in [3.63, 3.8) is 0 Å². The molecule has 2 aromatic heterocycles. The lowest BCUT2D eigenvalue weighted by Crippen LogP contribution is -2.34. The van der Waals surface area contributed by atoms with Crippen LogP contribution < -0.4 is 5.56 Å². The Morgan fingerprint density at radius 2 is 2.22 bits per heavy atom. The van der Waals surface area contributed by atoms with E-state index in [9.17, 15) is 9.59 Å². The number of fused-ring (bicyclic) bond motifs is 1. The highest BCUT2D eigenvalue weighted by atomic mass is 16.5. The van der Waals surface area contributed by atoms with Gasteiger partial charge >= 0.3 is 5.97 Å². The molecule has 0 spiro atoms. The Bertz CT molecular complexity index is 1130. The summed E-state index contributed by atoms with van der Waals surface area (Å²) in [5.74, 6) is 0.136. The maximum atomic E-state index is 12.8. The van der Waals surface area contributed by atoms with Crippen molar-refractivity contribution in [2.45, 2.75) is 52.4 Å². The van der Waals surface area contributed by atoms with Crippen LogP contribution in [-0.4, -0.2) is 61.9 Å². The van der Waals surface area contributed by atoms with E-state index in [1.807, 2.05) is 25.1 Å². The monoisotopic (exact) mass is 440 g/mol. The van der Waals surface area contributed by atoms with Crippen LogP contribution in [-0.2, 0) is 33.9 Å². The summed E-state index contributed by atoms with van der Waals surface area (Å²) in [6, 6.07) is 7.89. The summed E-state index contributed by atoms with van der Waals surface area (Å²) >= 11 is 0. The van der Waals surface area contributed by atoms with Gasteiger partial charge in [-0.3, -0.25) is 14.5 Å². The van der Waals surface area contributed by atoms with E-state index in [0.29, 0.717) is 37.6 Å². The van der Waals surface area contributed by atoms with Crippen molar-refractivity contribution in [1.82, 2.24) is 30.1 Å². The standard InChI is InChI=1S/C22H28N6O4/c1-3-31-21(29)14-28-20(24-25-26-28)13-27(12-18-5-4-8-32-18)11-17-10-16-9-15(2)6-7-19(16)23-22(17)30/h6-7,9-10,18H,3-5,8,11-14H2,1-2H3,(H,23,30). The fraction of sp³-hybridized carbons (Fsp3) is 0.500. The fourth-order valence-electron chi connectivity index (χ4n) is 3.98. The topological polar surface area (TPSA) is 115 Å². The molecule has 3 aromatic rings. The van der Waals surface area contributed by atoms with E-state index in [-0.39, 0.29) is 18.2 Å². The Balaban J connectivity index is 1.57. The van der Waals surface area contributed by atoms with Crippen LogP contribution in [0.5, 0.6) is 0 Å². The number of carbonyl (C=O) groups is 1. The van der Waals surface area contributed by atoms with Gasteiger partial charge in [0.25, 0.3) is 5.56 Å². The lowest BCUT2D eigenvalue weighted by atomic mass is 10.1. The minimum Gasteiger partial charge on any atom is -0.465 e. The highest BCUT2D eigenvalue weighted by Crippen LogP contribution is 2.18. The molecule has 0 radical (unpaired) electrons. The summed E-state index contributed by atoms with van der Waals surface area (Å²) in [7, 11) is 0. The van der Waals surface area contributed by atoms with Crippen molar-refractivity contribution in [3.05, 3.63) is 51.6 Å². The average Bonchev–Trinajstić information content (AvgIpc) is 3.41. The van der Waals surface area contributed by atoms with Crippen molar-refractivity contribution in [3.8, 4) is 0 Å². The zero-order valence-electron chi connectivity index (χ0n) is 18.4. The number of hydrogen-bond donors (Lipinski definition) is 1. The number of ether oxygens (including phenoxy) is 2. The highest BCUT2D eigenvalue weighted by molar-refractivity contribution is 5.79. The summed E-state index contributed by atoms with van der Waals surface area (Å²) in [6.07, 6.45) is 2.08. The first kappa shape index (κ1) is 22.1. The predicted molar refractivity (Wildman–Crippen MR) is 117 cm³/mol. The highest BCUT2D eigenvalue weighted by Gasteiger charge is 2.23. The minimum absolute atomic E-state index is 0.0558. The summed E-state index contributed by atoms with van der Waals surface area (Å²) < 4.78 is 12.3. The molecule has 1 aliphatic rings. The van der Waals surface area contributed by atoms with Gasteiger partial charge in [0.05, 0.1) is 19.3 Å². The van der Waals surface area contributed by atoms with Gasteiger partial charge in [0.1, 0.15) is 6.54 Å². The smallest absolute Gasteiger partial charge is 0.327 e. The van der Waals surface area contributed by atoms with Gasteiger partial charge < -0.3 is 14.5 Å². The second kappa shape index (κ2) is 10.0. The van der Waals surface area contributed by atoms with Crippen LogP contribution in [0.25, 0.3) is 10.9 Å². The summed E-state index contributed by atoms with van der Waals surface area (Å²) in [6.45, 7) is 6.18. The molecular weight excluding hydrogens is 412 g/mol. The van der Waals surface area contributed by atoms with Crippen LogP contribution in [0, 0.1) is 6.92 Å². The molecule has 10 nitrogen and oxygen atoms in total. The Morgan fingerprint density at radius 3 is 3.00 bits per heavy atom. The van der Waals surface area contributed by atoms with Crippen molar-refractivity contribution in [1.29, 1.82) is 0 Å². The number of nitrogens with zero attached hydrogens (tertiary/aromatic N) is 5. The number of aryl methyl sites for hydroxylation is 1. The number of H-pyrrole nitrogens is 1. The first-order chi connectivity index (χ1) is 15.5. The zero-order valence-corrected chi connectivity index (χ0v) is 18.4. The number of rotatable bonds is 9. The van der Waals surface area contributed by atoms with Gasteiger partial charge in [-0.15, -0.1) is 5.10 Å². The first-order valence-electron chi connectivity index (χ1n) is 10.9. The van der Waals surface area contributed by atoms with Gasteiger partial charge in [0.2, 0.25) is 0 Å². The zero-order chi connectivity index (χ0) is 22.5. The molecule has 0 bridgehead atoms. The normalized spacial score (nSPS) is 16.2.